The van der Waals surface area contributed by atoms with Crippen LogP contribution in [0.2, 0.25) is 0 Å². The molecule has 0 bridgehead atoms. The maximum absolute atomic E-state index is 14.1. The second-order valence-electron chi connectivity index (χ2n) is 15.5. The minimum Gasteiger partial charge on any atom is -0.353 e. The molecule has 2 aromatic rings. The fourth-order valence-electron chi connectivity index (χ4n) is 7.52. The molecule has 2 aliphatic heterocycles. The number of carbonyl (C=O) groups is 5. The lowest BCUT2D eigenvalue weighted by Crippen LogP contribution is -2.59. The van der Waals surface area contributed by atoms with Crippen LogP contribution in [0.15, 0.2) is 41.8 Å². The Morgan fingerprint density at radius 3 is 1.83 bits per heavy atom. The van der Waals surface area contributed by atoms with E-state index in [-0.39, 0.29) is 38.3 Å². The third-order valence-electron chi connectivity index (χ3n) is 10.8. The van der Waals surface area contributed by atoms with E-state index in [1.807, 2.05) is 6.08 Å². The molecule has 4 unspecified atom stereocenters. The van der Waals surface area contributed by atoms with E-state index in [9.17, 15) is 24.0 Å². The number of H-pyrrole nitrogens is 2. The summed E-state index contributed by atoms with van der Waals surface area (Å²) in [6.07, 6.45) is 28.0. The quantitative estimate of drug-likeness (QED) is 0.0599. The number of aromatic nitrogens is 4. The molecule has 0 saturated carbocycles. The molecule has 4 heterocycles. The lowest BCUT2D eigenvalue weighted by atomic mass is 10.0. The van der Waals surface area contributed by atoms with Crippen molar-refractivity contribution in [1.82, 2.24) is 46.1 Å². The normalized spacial score (nSPS) is 16.4. The first kappa shape index (κ1) is 45.8. The van der Waals surface area contributed by atoms with E-state index in [1.54, 1.807) is 23.5 Å². The van der Waals surface area contributed by atoms with Gasteiger partial charge in [-0.1, -0.05) is 90.0 Å². The molecule has 0 radical (unpaired) electrons. The molecule has 16 nitrogen and oxygen atoms in total. The van der Waals surface area contributed by atoms with E-state index in [0.29, 0.717) is 49.3 Å². The Kier molecular flexibility index (Phi) is 20.7. The minimum atomic E-state index is -1.13. The van der Waals surface area contributed by atoms with Crippen molar-refractivity contribution in [3.63, 3.8) is 0 Å². The number of carbonyl (C=O) groups excluding carboxylic acids is 5. The molecule has 4 atom stereocenters. The van der Waals surface area contributed by atoms with Crippen LogP contribution < -0.4 is 27.0 Å². The summed E-state index contributed by atoms with van der Waals surface area (Å²) in [4.78, 5) is 88.4. The predicted molar refractivity (Wildman–Crippen MR) is 223 cm³/mol. The van der Waals surface area contributed by atoms with Crippen LogP contribution in [0.25, 0.3) is 0 Å². The monoisotopic (exact) mass is 806 g/mol. The Labute approximate surface area is 343 Å². The lowest BCUT2D eigenvalue weighted by molar-refractivity contribution is -0.139. The highest BCUT2D eigenvalue weighted by Crippen LogP contribution is 2.21. The average Bonchev–Trinajstić information content (AvgIpc) is 4.07. The number of allylic oxidation sites excluding steroid dienone is 1. The molecule has 5 amide bonds. The first-order valence-electron chi connectivity index (χ1n) is 21.6. The first-order chi connectivity index (χ1) is 28.3. The summed E-state index contributed by atoms with van der Waals surface area (Å²) in [7, 11) is 0. The highest BCUT2D eigenvalue weighted by atomic mass is 16.2. The largest absolute Gasteiger partial charge is 0.353 e. The highest BCUT2D eigenvalue weighted by molar-refractivity contribution is 5.96. The van der Waals surface area contributed by atoms with Crippen molar-refractivity contribution < 1.29 is 24.0 Å². The summed E-state index contributed by atoms with van der Waals surface area (Å²) in [5.74, 6) is -2.11. The van der Waals surface area contributed by atoms with Gasteiger partial charge in [0.05, 0.1) is 12.7 Å². The van der Waals surface area contributed by atoms with Crippen LogP contribution in [0.5, 0.6) is 0 Å². The highest BCUT2D eigenvalue weighted by Gasteiger charge is 2.37. The molecular weight excluding hydrogens is 739 g/mol. The zero-order valence-electron chi connectivity index (χ0n) is 34.4. The standard InChI is InChI=1S/C42H67N11O5/c1-2-3-4-5-6-7-8-9-10-11-12-13-14-19-38(54)53-23-16-18-37(53)42(58)52-36(26-33-28-45-30-49-33)41(57)51-35(24-31-17-15-21-46-31)40(56)50-34(39(55)47-22-20-43)25-32-27-44-29-48-32/h17,21,27-30,34-37H,2-16,18-20,22-26,43H2,1H3,(H,44,48)(H,45,49)(H,47,55)(H,50,56)(H,51,57)(H,52,58). The van der Waals surface area contributed by atoms with Crippen LogP contribution >= 0.6 is 0 Å². The summed E-state index contributed by atoms with van der Waals surface area (Å²) in [5.41, 5.74) is 7.43. The number of nitrogens with zero attached hydrogens (tertiary/aromatic N) is 4. The van der Waals surface area contributed by atoms with Crippen LogP contribution in [0.3, 0.4) is 0 Å². The van der Waals surface area contributed by atoms with Gasteiger partial charge >= 0.3 is 0 Å². The Bertz CT molecular complexity index is 1590. The Morgan fingerprint density at radius 2 is 1.31 bits per heavy atom. The molecule has 0 aromatic carbocycles. The van der Waals surface area contributed by atoms with Crippen molar-refractivity contribution in [2.45, 2.75) is 160 Å². The van der Waals surface area contributed by atoms with Crippen molar-refractivity contribution in [2.75, 3.05) is 19.6 Å². The van der Waals surface area contributed by atoms with Gasteiger partial charge in [-0.15, -0.1) is 0 Å². The molecule has 8 N–H and O–H groups in total. The third-order valence-corrected chi connectivity index (χ3v) is 10.8. The van der Waals surface area contributed by atoms with Crippen LogP contribution in [-0.4, -0.2) is 104 Å². The van der Waals surface area contributed by atoms with E-state index in [1.165, 1.54) is 76.9 Å². The van der Waals surface area contributed by atoms with Crippen molar-refractivity contribution in [1.29, 1.82) is 0 Å². The zero-order chi connectivity index (χ0) is 41.4. The molecule has 16 heteroatoms. The molecule has 320 valence electrons. The fraction of sp³-hybridized carbons (Fsp3) is 0.667. The van der Waals surface area contributed by atoms with Gasteiger partial charge in [-0.25, -0.2) is 9.97 Å². The summed E-state index contributed by atoms with van der Waals surface area (Å²) >= 11 is 0. The van der Waals surface area contributed by atoms with Crippen molar-refractivity contribution >= 4 is 35.8 Å². The minimum absolute atomic E-state index is 0.0439. The number of nitrogens with two attached hydrogens (primary N) is 1. The predicted octanol–water partition coefficient (Wildman–Crippen LogP) is 3.67. The number of imidazole rings is 2. The molecule has 0 spiro atoms. The average molecular weight is 806 g/mol. The number of aliphatic imine (C=N–C) groups is 1. The zero-order valence-corrected chi connectivity index (χ0v) is 34.4. The molecule has 1 fully saturated rings. The number of amides is 5. The van der Waals surface area contributed by atoms with Gasteiger partial charge in [-0.2, -0.15) is 0 Å². The lowest BCUT2D eigenvalue weighted by Gasteiger charge is -2.28. The second kappa shape index (κ2) is 26.2. The van der Waals surface area contributed by atoms with Crippen molar-refractivity contribution in [3.8, 4) is 0 Å². The van der Waals surface area contributed by atoms with Gasteiger partial charge in [-0.3, -0.25) is 29.0 Å². The molecule has 0 aliphatic carbocycles. The van der Waals surface area contributed by atoms with Gasteiger partial charge in [0.2, 0.25) is 29.5 Å². The van der Waals surface area contributed by atoms with E-state index in [0.717, 1.165) is 19.3 Å². The molecule has 1 saturated heterocycles. The number of hydrogen-bond acceptors (Lipinski definition) is 9. The summed E-state index contributed by atoms with van der Waals surface area (Å²) in [5, 5.41) is 11.2. The van der Waals surface area contributed by atoms with Gasteiger partial charge in [0.1, 0.15) is 24.2 Å². The van der Waals surface area contributed by atoms with Gasteiger partial charge in [0.25, 0.3) is 0 Å². The van der Waals surface area contributed by atoms with Crippen LogP contribution in [-0.2, 0) is 36.8 Å². The Morgan fingerprint density at radius 1 is 0.759 bits per heavy atom. The third kappa shape index (κ3) is 16.2. The number of likely N-dealkylation sites (tertiary alicyclic amines) is 1. The summed E-state index contributed by atoms with van der Waals surface area (Å²) in [6.45, 7) is 3.17. The van der Waals surface area contributed by atoms with Crippen molar-refractivity contribution in [3.05, 3.63) is 48.2 Å². The van der Waals surface area contributed by atoms with Gasteiger partial charge in [0, 0.05) is 87.4 Å². The maximum atomic E-state index is 14.1. The smallest absolute Gasteiger partial charge is 0.243 e. The van der Waals surface area contributed by atoms with E-state index < -0.39 is 47.8 Å². The first-order valence-corrected chi connectivity index (χ1v) is 21.6. The summed E-state index contributed by atoms with van der Waals surface area (Å²) in [6, 6.07) is -3.92. The van der Waals surface area contributed by atoms with E-state index in [2.05, 4.69) is 53.1 Å². The molecule has 2 aromatic heterocycles. The Balaban J connectivity index is 1.33. The summed E-state index contributed by atoms with van der Waals surface area (Å²) < 4.78 is 0. The maximum Gasteiger partial charge on any atom is 0.243 e. The topological polar surface area (TPSA) is 232 Å². The number of nitrogens with one attached hydrogen (secondary N) is 6. The fourth-order valence-corrected chi connectivity index (χ4v) is 7.52. The molecular formula is C42H67N11O5. The SMILES string of the molecule is CCCCCCCCCCCCCCCC(=O)N1CCCC1C(=O)NC(Cc1cnc[nH]1)C(=O)NC(CC1=CCC=N1)C(=O)NC(Cc1cnc[nH]1)C(=O)NCCN. The van der Waals surface area contributed by atoms with E-state index >= 15 is 0 Å². The van der Waals surface area contributed by atoms with Gasteiger partial charge in [0.15, 0.2) is 0 Å². The van der Waals surface area contributed by atoms with Gasteiger partial charge in [-0.05, 0) is 19.3 Å². The van der Waals surface area contributed by atoms with Gasteiger partial charge < -0.3 is 41.9 Å². The van der Waals surface area contributed by atoms with Crippen molar-refractivity contribution in [2.24, 2.45) is 10.7 Å². The van der Waals surface area contributed by atoms with Crippen LogP contribution in [0.4, 0.5) is 0 Å². The number of hydrogen-bond donors (Lipinski definition) is 7. The van der Waals surface area contributed by atoms with Crippen LogP contribution in [0, 0.1) is 0 Å². The molecule has 2 aliphatic rings. The van der Waals surface area contributed by atoms with E-state index in [4.69, 9.17) is 5.73 Å². The van der Waals surface area contributed by atoms with Crippen LogP contribution in [0.1, 0.15) is 134 Å². The molecule has 4 rings (SSSR count). The number of unbranched alkanes of at least 4 members (excludes halogenated alkanes) is 12. The Hall–Kier alpha value is -4.86. The second-order valence-corrected chi connectivity index (χ2v) is 15.5. The molecule has 58 heavy (non-hydrogen) atoms. The number of rotatable bonds is 29. The number of aromatic amines is 2.